The van der Waals surface area contributed by atoms with Gasteiger partial charge in [0, 0.05) is 30.7 Å². The molecule has 0 spiro atoms. The topological polar surface area (TPSA) is 26.2 Å². The van der Waals surface area contributed by atoms with Crippen LogP contribution in [0.15, 0.2) is 48.7 Å². The summed E-state index contributed by atoms with van der Waals surface area (Å²) in [5, 5.41) is 4.48. The summed E-state index contributed by atoms with van der Waals surface area (Å²) < 4.78 is 21.3. The van der Waals surface area contributed by atoms with Crippen molar-refractivity contribution in [3.05, 3.63) is 65.6 Å². The Bertz CT molecular complexity index is 811. The van der Waals surface area contributed by atoms with Crippen LogP contribution in [0.4, 0.5) is 4.39 Å². The van der Waals surface area contributed by atoms with Gasteiger partial charge in [0.15, 0.2) is 0 Å². The molecular weight excluding hydrogens is 303 g/mol. The summed E-state index contributed by atoms with van der Waals surface area (Å²) >= 11 is 0. The molecule has 3 aromatic rings. The monoisotopic (exact) mass is 326 g/mol. The molecule has 0 atom stereocenters. The highest BCUT2D eigenvalue weighted by Gasteiger charge is 2.14. The molecule has 0 saturated carbocycles. The summed E-state index contributed by atoms with van der Waals surface area (Å²) in [4.78, 5) is 0. The van der Waals surface area contributed by atoms with E-state index in [1.165, 1.54) is 17.2 Å². The van der Waals surface area contributed by atoms with Crippen molar-refractivity contribution in [3.63, 3.8) is 0 Å². The zero-order valence-electron chi connectivity index (χ0n) is 14.2. The Balaban J connectivity index is 1.76. The lowest BCUT2D eigenvalue weighted by Gasteiger charge is -2.07. The van der Waals surface area contributed by atoms with Gasteiger partial charge in [0.1, 0.15) is 11.6 Å². The van der Waals surface area contributed by atoms with Gasteiger partial charge in [0.2, 0.25) is 0 Å². The van der Waals surface area contributed by atoms with E-state index in [0.29, 0.717) is 5.75 Å². The van der Waals surface area contributed by atoms with Crippen molar-refractivity contribution in [2.75, 3.05) is 13.7 Å². The highest BCUT2D eigenvalue weighted by Crippen LogP contribution is 2.32. The third-order valence-electron chi connectivity index (χ3n) is 4.29. The summed E-state index contributed by atoms with van der Waals surface area (Å²) in [6.45, 7) is 4.58. The molecule has 1 heterocycles. The number of hydrogen-bond acceptors (Lipinski definition) is 2. The molecule has 0 aliphatic heterocycles. The van der Waals surface area contributed by atoms with Gasteiger partial charge < -0.3 is 14.6 Å². The number of methoxy groups -OCH3 is 1. The number of aryl methyl sites for hydroxylation is 1. The van der Waals surface area contributed by atoms with Crippen molar-refractivity contribution in [3.8, 4) is 5.75 Å². The van der Waals surface area contributed by atoms with Crippen LogP contribution in [0.3, 0.4) is 0 Å². The van der Waals surface area contributed by atoms with Crippen molar-refractivity contribution in [1.82, 2.24) is 9.88 Å². The first-order chi connectivity index (χ1) is 11.7. The van der Waals surface area contributed by atoms with Crippen LogP contribution in [0.25, 0.3) is 10.9 Å². The average molecular weight is 326 g/mol. The van der Waals surface area contributed by atoms with Crippen molar-refractivity contribution < 1.29 is 9.13 Å². The van der Waals surface area contributed by atoms with Crippen LogP contribution in [-0.2, 0) is 19.5 Å². The molecule has 126 valence electrons. The average Bonchev–Trinajstić information content (AvgIpc) is 2.96. The van der Waals surface area contributed by atoms with Crippen LogP contribution in [0, 0.1) is 5.82 Å². The van der Waals surface area contributed by atoms with Crippen LogP contribution < -0.4 is 10.1 Å². The molecule has 0 fully saturated rings. The van der Waals surface area contributed by atoms with E-state index >= 15 is 0 Å². The van der Waals surface area contributed by atoms with Crippen LogP contribution >= 0.6 is 0 Å². The van der Waals surface area contributed by atoms with Gasteiger partial charge in [0.05, 0.1) is 12.6 Å². The Kier molecular flexibility index (Phi) is 5.16. The first-order valence-corrected chi connectivity index (χ1v) is 8.32. The molecule has 4 heteroatoms. The summed E-state index contributed by atoms with van der Waals surface area (Å²) in [5.41, 5.74) is 3.35. The lowest BCUT2D eigenvalue weighted by Crippen LogP contribution is -2.16. The van der Waals surface area contributed by atoms with Crippen LogP contribution in [-0.4, -0.2) is 18.2 Å². The minimum atomic E-state index is -0.263. The van der Waals surface area contributed by atoms with Gasteiger partial charge in [-0.15, -0.1) is 0 Å². The van der Waals surface area contributed by atoms with Crippen molar-refractivity contribution in [2.45, 2.75) is 26.4 Å². The Morgan fingerprint density at radius 2 is 1.96 bits per heavy atom. The number of aromatic nitrogens is 1. The van der Waals surface area contributed by atoms with E-state index in [4.69, 9.17) is 4.74 Å². The Hall–Kier alpha value is -2.33. The minimum absolute atomic E-state index is 0.263. The Morgan fingerprint density at radius 3 is 2.67 bits per heavy atom. The molecule has 0 amide bonds. The first kappa shape index (κ1) is 16.5. The van der Waals surface area contributed by atoms with Crippen molar-refractivity contribution >= 4 is 10.9 Å². The molecule has 1 aromatic heterocycles. The number of hydrogen-bond donors (Lipinski definition) is 1. The maximum Gasteiger partial charge on any atom is 0.131 e. The number of benzene rings is 2. The molecule has 0 radical (unpaired) electrons. The fourth-order valence-corrected chi connectivity index (χ4v) is 3.10. The lowest BCUT2D eigenvalue weighted by molar-refractivity contribution is 0.416. The first-order valence-electron chi connectivity index (χ1n) is 8.32. The zero-order valence-corrected chi connectivity index (χ0v) is 14.2. The molecule has 0 aliphatic carbocycles. The van der Waals surface area contributed by atoms with Gasteiger partial charge in [-0.1, -0.05) is 30.3 Å². The van der Waals surface area contributed by atoms with Gasteiger partial charge in [-0.25, -0.2) is 4.39 Å². The lowest BCUT2D eigenvalue weighted by atomic mass is 10.1. The molecule has 0 saturated heterocycles. The van der Waals surface area contributed by atoms with Gasteiger partial charge in [-0.2, -0.15) is 0 Å². The molecule has 3 nitrogen and oxygen atoms in total. The Morgan fingerprint density at radius 1 is 1.17 bits per heavy atom. The third-order valence-corrected chi connectivity index (χ3v) is 4.29. The second kappa shape index (κ2) is 7.49. The molecular formula is C20H23FN2O. The van der Waals surface area contributed by atoms with Gasteiger partial charge >= 0.3 is 0 Å². The van der Waals surface area contributed by atoms with E-state index in [2.05, 4.69) is 35.1 Å². The second-order valence-corrected chi connectivity index (χ2v) is 5.85. The van der Waals surface area contributed by atoms with Crippen LogP contribution in [0.5, 0.6) is 5.75 Å². The van der Waals surface area contributed by atoms with E-state index in [9.17, 15) is 4.39 Å². The largest absolute Gasteiger partial charge is 0.496 e. The van der Waals surface area contributed by atoms with E-state index < -0.39 is 0 Å². The Labute approximate surface area is 142 Å². The van der Waals surface area contributed by atoms with Crippen LogP contribution in [0.2, 0.25) is 0 Å². The maximum atomic E-state index is 13.8. The van der Waals surface area contributed by atoms with E-state index in [0.717, 1.165) is 37.0 Å². The third kappa shape index (κ3) is 3.44. The fraction of sp³-hybridized carbons (Fsp3) is 0.300. The number of ether oxygens (including phenoxy) is 1. The fourth-order valence-electron chi connectivity index (χ4n) is 3.10. The number of rotatable bonds is 7. The number of halogens is 1. The molecule has 2 aromatic carbocycles. The summed E-state index contributed by atoms with van der Waals surface area (Å²) in [7, 11) is 1.59. The van der Waals surface area contributed by atoms with Gasteiger partial charge in [-0.05, 0) is 37.1 Å². The number of nitrogens with zero attached hydrogens (tertiary/aromatic N) is 1. The van der Waals surface area contributed by atoms with E-state index in [1.54, 1.807) is 13.2 Å². The molecule has 1 N–H and O–H groups in total. The highest BCUT2D eigenvalue weighted by atomic mass is 19.1. The highest BCUT2D eigenvalue weighted by molar-refractivity contribution is 5.90. The van der Waals surface area contributed by atoms with Gasteiger partial charge in [-0.3, -0.25) is 0 Å². The molecule has 0 unspecified atom stereocenters. The molecule has 3 rings (SSSR count). The second-order valence-electron chi connectivity index (χ2n) is 5.85. The van der Waals surface area contributed by atoms with E-state index in [1.807, 2.05) is 18.2 Å². The number of fused-ring (bicyclic) bond motifs is 1. The predicted molar refractivity (Wildman–Crippen MR) is 96.0 cm³/mol. The number of nitrogens with one attached hydrogen (secondary N) is 1. The van der Waals surface area contributed by atoms with Crippen molar-refractivity contribution in [1.29, 1.82) is 0 Å². The normalized spacial score (nSPS) is 11.1. The smallest absolute Gasteiger partial charge is 0.131 e. The van der Waals surface area contributed by atoms with E-state index in [-0.39, 0.29) is 5.82 Å². The van der Waals surface area contributed by atoms with Crippen LogP contribution in [0.1, 0.15) is 18.1 Å². The standard InChI is InChI=1S/C20H23FN2O/c1-3-23-14-16(9-10-22-13-15-7-5-4-6-8-15)20-18(23)11-17(21)12-19(20)24-2/h4-8,11-12,14,22H,3,9-10,13H2,1-2H3. The summed E-state index contributed by atoms with van der Waals surface area (Å²) in [5.74, 6) is 0.344. The minimum Gasteiger partial charge on any atom is -0.496 e. The molecule has 0 aliphatic rings. The molecule has 0 bridgehead atoms. The summed E-state index contributed by atoms with van der Waals surface area (Å²) in [6, 6.07) is 13.4. The maximum absolute atomic E-state index is 13.8. The zero-order chi connectivity index (χ0) is 16.9. The summed E-state index contributed by atoms with van der Waals surface area (Å²) in [6.07, 6.45) is 2.98. The van der Waals surface area contributed by atoms with Gasteiger partial charge in [0.25, 0.3) is 0 Å². The predicted octanol–water partition coefficient (Wildman–Crippen LogP) is 4.14. The SMILES string of the molecule is CCn1cc(CCNCc2ccccc2)c2c(OC)cc(F)cc21. The van der Waals surface area contributed by atoms with Crippen molar-refractivity contribution in [2.24, 2.45) is 0 Å². The quantitative estimate of drug-likeness (QED) is 0.660. The molecule has 24 heavy (non-hydrogen) atoms.